The minimum Gasteiger partial charge on any atom is -0.396 e. The summed E-state index contributed by atoms with van der Waals surface area (Å²) in [5.74, 6) is 10.3. The molecular formula is C68H140O5. The lowest BCUT2D eigenvalue weighted by atomic mass is 9.46. The summed E-state index contributed by atoms with van der Waals surface area (Å²) in [7, 11) is 0. The fourth-order valence-electron chi connectivity index (χ4n) is 18.6. The Kier molecular flexibility index (Phi) is 35.8. The van der Waals surface area contributed by atoms with Crippen LogP contribution < -0.4 is 0 Å². The van der Waals surface area contributed by atoms with Crippen molar-refractivity contribution in [3.63, 3.8) is 0 Å². The normalized spacial score (nSPS) is 40.9. The van der Waals surface area contributed by atoms with E-state index in [1.807, 2.05) is 6.08 Å². The summed E-state index contributed by atoms with van der Waals surface area (Å²) in [6.07, 6.45) is 33.0. The molecule has 0 aromatic carbocycles. The van der Waals surface area contributed by atoms with Crippen molar-refractivity contribution in [1.29, 1.82) is 0 Å². The van der Waals surface area contributed by atoms with E-state index in [4.69, 9.17) is 9.47 Å². The minimum absolute atomic E-state index is 0. The van der Waals surface area contributed by atoms with E-state index in [1.165, 1.54) is 76.2 Å². The van der Waals surface area contributed by atoms with Gasteiger partial charge in [0.05, 0.1) is 24.4 Å². The van der Waals surface area contributed by atoms with Crippen molar-refractivity contribution in [3.8, 4) is 0 Å². The number of ether oxygens (including phenoxy) is 2. The van der Waals surface area contributed by atoms with E-state index in [9.17, 15) is 14.7 Å². The molecule has 11 aliphatic carbocycles. The first-order chi connectivity index (χ1) is 26.3. The molecule has 5 nitrogen and oxygen atoms in total. The van der Waals surface area contributed by atoms with Crippen LogP contribution in [0, 0.1) is 93.2 Å². The SMILES string of the molecule is C.C.C.C.C.C.C.C.C.C.C.C.C.C.C.C.C.C.C.CC[C@]12CC[C@H]3[C@@H](CC4(CC4)C4=CC(=O)CC[C@@H]43)[C@@H]1[C@@H]1C[C@@H]1[C@@]21C=CCO1.CC[C@]12CC[C@H]3[C@@H](C[C@@H](CO)C4=CC(=O)CC[C@@H]43)[C@@H]1[C@@H]1C[C@@H]1[C@@]21C=CCO1. The largest absolute Gasteiger partial charge is 0.396 e. The molecule has 0 amide bonds. The smallest absolute Gasteiger partial charge is 0.155 e. The molecule has 13 aliphatic rings. The Hall–Kier alpha value is -1.82. The first-order valence-corrected chi connectivity index (χ1v) is 23.0. The number of ketones is 2. The predicted molar refractivity (Wildman–Crippen MR) is 335 cm³/mol. The van der Waals surface area contributed by atoms with Crippen molar-refractivity contribution in [2.45, 2.75) is 269 Å². The molecule has 2 heterocycles. The zero-order valence-corrected chi connectivity index (χ0v) is 33.0. The summed E-state index contributed by atoms with van der Waals surface area (Å²) >= 11 is 0. The molecule has 73 heavy (non-hydrogen) atoms. The van der Waals surface area contributed by atoms with Crippen LogP contribution in [0.4, 0.5) is 0 Å². The third-order valence-corrected chi connectivity index (χ3v) is 20.5. The predicted octanol–water partition coefficient (Wildman–Crippen LogP) is 21.1. The van der Waals surface area contributed by atoms with E-state index in [0.29, 0.717) is 40.3 Å². The lowest BCUT2D eigenvalue weighted by molar-refractivity contribution is -0.146. The van der Waals surface area contributed by atoms with Crippen LogP contribution in [0.3, 0.4) is 0 Å². The summed E-state index contributed by atoms with van der Waals surface area (Å²) in [6, 6.07) is 0. The Labute approximate surface area is 463 Å². The van der Waals surface area contributed by atoms with Gasteiger partial charge >= 0.3 is 0 Å². The lowest BCUT2D eigenvalue weighted by Gasteiger charge is -2.59. The topological polar surface area (TPSA) is 72.8 Å². The molecule has 13 rings (SSSR count). The zero-order valence-electron chi connectivity index (χ0n) is 33.0. The number of hydrogen-bond donors (Lipinski definition) is 1. The van der Waals surface area contributed by atoms with Crippen molar-refractivity contribution in [3.05, 3.63) is 47.6 Å². The van der Waals surface area contributed by atoms with Crippen molar-refractivity contribution in [1.82, 2.24) is 0 Å². The maximum absolute atomic E-state index is 12.2. The maximum Gasteiger partial charge on any atom is 0.155 e. The second-order valence-corrected chi connectivity index (χ2v) is 21.4. The van der Waals surface area contributed by atoms with Crippen molar-refractivity contribution in [2.75, 3.05) is 19.8 Å². The van der Waals surface area contributed by atoms with Gasteiger partial charge in [-0.05, 0) is 178 Å². The second kappa shape index (κ2) is 29.8. The summed E-state index contributed by atoms with van der Waals surface area (Å²) in [4.78, 5) is 24.3. The Morgan fingerprint density at radius 3 is 1.34 bits per heavy atom. The van der Waals surface area contributed by atoms with Crippen LogP contribution in [0.25, 0.3) is 0 Å². The van der Waals surface area contributed by atoms with Crippen LogP contribution in [0.1, 0.15) is 258 Å². The van der Waals surface area contributed by atoms with Crippen molar-refractivity contribution >= 4 is 11.6 Å². The van der Waals surface area contributed by atoms with Gasteiger partial charge in [0, 0.05) is 36.2 Å². The molecule has 9 saturated carbocycles. The van der Waals surface area contributed by atoms with Gasteiger partial charge in [0.1, 0.15) is 0 Å². The van der Waals surface area contributed by atoms with Gasteiger partial charge in [0.15, 0.2) is 11.6 Å². The molecule has 0 bridgehead atoms. The highest BCUT2D eigenvalue weighted by Crippen LogP contribution is 2.81. The lowest BCUT2D eigenvalue weighted by Crippen LogP contribution is -2.56. The summed E-state index contributed by atoms with van der Waals surface area (Å²) in [5, 5.41) is 10.2. The van der Waals surface area contributed by atoms with E-state index in [1.54, 1.807) is 5.57 Å². The number of aliphatic hydroxyl groups is 1. The maximum atomic E-state index is 12.2. The summed E-state index contributed by atoms with van der Waals surface area (Å²) in [6.45, 7) is 6.69. The van der Waals surface area contributed by atoms with E-state index in [-0.39, 0.29) is 171 Å². The van der Waals surface area contributed by atoms with Gasteiger partial charge in [-0.3, -0.25) is 9.59 Å². The molecule has 3 spiro atoms. The monoisotopic (exact) mass is 1040 g/mol. The molecule has 0 unspecified atom stereocenters. The molecule has 0 radical (unpaired) electrons. The molecule has 9 fully saturated rings. The highest BCUT2D eigenvalue weighted by Gasteiger charge is 2.79. The number of allylic oxidation sites excluding steroid dienone is 1. The Bertz CT molecular complexity index is 1780. The Balaban J connectivity index is -0.000000153. The van der Waals surface area contributed by atoms with Crippen LogP contribution in [0.15, 0.2) is 47.6 Å². The molecular weight excluding hydrogens is 897 g/mol. The fraction of sp³-hybridized carbons (Fsp3) is 0.853. The van der Waals surface area contributed by atoms with Gasteiger partial charge < -0.3 is 14.6 Å². The van der Waals surface area contributed by atoms with Gasteiger partial charge in [-0.1, -0.05) is 190 Å². The first kappa shape index (κ1) is 87.8. The van der Waals surface area contributed by atoms with Gasteiger partial charge in [0.25, 0.3) is 0 Å². The third kappa shape index (κ3) is 11.0. The molecule has 17 atom stereocenters. The highest BCUT2D eigenvalue weighted by molar-refractivity contribution is 5.92. The number of fused-ring (bicyclic) bond motifs is 19. The first-order valence-electron chi connectivity index (χ1n) is 23.0. The fourth-order valence-corrected chi connectivity index (χ4v) is 18.6. The molecule has 2 aliphatic heterocycles. The standard InChI is InChI=1S/C25H32O2.C24H32O3.19CH4/c1-2-24-8-6-16-17-5-4-15(26)12-20(17)23(9-10-23)14-19(16)22(24)18-13-21(18)25(24)7-3-11-27-25;1-2-23-8-6-17-16-5-4-15(26)11-18(16)14(13-25)10-19(17)22(23)20-12-21(20)24(23)7-3-9-27-24;;;;;;;;;;;;;;;;;;;/h3,7,12,16-19,21-22H,2,4-6,8-11,13-14H2,1H3;3,7,11,14,16-17,19-22,25H,2,4-6,8-10,12-13H2,1H3;19*1H4/t16-,17-,18-,19-,21+,22+,24+,25+;14-,16+,17+,19+,20+,21-,22+,23-,24-;;;;;;;;;;;;;;;;;;;/m10.................../s1. The zero-order chi connectivity index (χ0) is 36.4. The quantitative estimate of drug-likeness (QED) is 0.285. The average molecular weight is 1040 g/mol. The van der Waals surface area contributed by atoms with Gasteiger partial charge in [0.2, 0.25) is 0 Å². The number of carbonyl (C=O) groups is 2. The molecule has 0 aromatic rings. The van der Waals surface area contributed by atoms with Crippen LogP contribution in [-0.2, 0) is 19.1 Å². The van der Waals surface area contributed by atoms with Gasteiger partial charge in [-0.15, -0.1) is 0 Å². The molecule has 0 saturated heterocycles. The Morgan fingerprint density at radius 1 is 0.507 bits per heavy atom. The molecule has 5 heteroatoms. The average Bonchev–Trinajstić information content (AvgIpc) is 4.16. The highest BCUT2D eigenvalue weighted by atomic mass is 16.5. The number of aliphatic hydroxyl groups excluding tert-OH is 1. The summed E-state index contributed by atoms with van der Waals surface area (Å²) < 4.78 is 13.2. The van der Waals surface area contributed by atoms with Crippen LogP contribution in [-0.4, -0.2) is 47.7 Å². The second-order valence-electron chi connectivity index (χ2n) is 21.4. The molecule has 0 aromatic heterocycles. The van der Waals surface area contributed by atoms with Gasteiger partial charge in [-0.25, -0.2) is 0 Å². The van der Waals surface area contributed by atoms with E-state index < -0.39 is 0 Å². The van der Waals surface area contributed by atoms with E-state index in [0.717, 1.165) is 98.1 Å². The van der Waals surface area contributed by atoms with Crippen LogP contribution in [0.2, 0.25) is 0 Å². The van der Waals surface area contributed by atoms with Crippen LogP contribution in [0.5, 0.6) is 0 Å². The van der Waals surface area contributed by atoms with E-state index in [2.05, 4.69) is 44.2 Å². The third-order valence-electron chi connectivity index (χ3n) is 20.5. The van der Waals surface area contributed by atoms with E-state index >= 15 is 0 Å². The van der Waals surface area contributed by atoms with Gasteiger partial charge in [-0.2, -0.15) is 0 Å². The number of rotatable bonds is 3. The number of hydrogen-bond acceptors (Lipinski definition) is 5. The van der Waals surface area contributed by atoms with Crippen molar-refractivity contribution in [2.24, 2.45) is 93.2 Å². The summed E-state index contributed by atoms with van der Waals surface area (Å²) in [5.41, 5.74) is 4.15. The molecule has 442 valence electrons. The van der Waals surface area contributed by atoms with Crippen LogP contribution >= 0.6 is 0 Å². The minimum atomic E-state index is 0. The van der Waals surface area contributed by atoms with Crippen molar-refractivity contribution < 1.29 is 24.2 Å². The Morgan fingerprint density at radius 2 is 0.932 bits per heavy atom. The molecule has 1 N–H and O–H groups in total. The number of carbonyl (C=O) groups excluding carboxylic acids is 2.